The molecule has 0 aliphatic heterocycles. The first-order valence-corrected chi connectivity index (χ1v) is 16.5. The van der Waals surface area contributed by atoms with E-state index in [0.717, 1.165) is 47.1 Å². The molecule has 2 nitrogen and oxygen atoms in total. The summed E-state index contributed by atoms with van der Waals surface area (Å²) in [5.74, 6) is 5.33. The fraction of sp³-hybridized carbons (Fsp3) is 0.686. The van der Waals surface area contributed by atoms with Crippen molar-refractivity contribution in [3.05, 3.63) is 47.0 Å². The van der Waals surface area contributed by atoms with Gasteiger partial charge in [-0.3, -0.25) is 0 Å². The van der Waals surface area contributed by atoms with Crippen molar-refractivity contribution in [2.75, 3.05) is 11.9 Å². The van der Waals surface area contributed by atoms with Crippen LogP contribution in [0.4, 0.5) is 10.8 Å². The minimum Gasteiger partial charge on any atom is -0.321 e. The Balaban J connectivity index is 1.23. The van der Waals surface area contributed by atoms with Gasteiger partial charge < -0.3 is 4.90 Å². The van der Waals surface area contributed by atoms with Gasteiger partial charge in [-0.15, -0.1) is 0 Å². The molecule has 0 amide bonds. The molecule has 0 N–H and O–H groups in total. The molecule has 2 fully saturated rings. The van der Waals surface area contributed by atoms with Crippen LogP contribution in [0, 0.1) is 46.3 Å². The molecule has 38 heavy (non-hydrogen) atoms. The lowest BCUT2D eigenvalue weighted by Gasteiger charge is -2.57. The molecule has 2 unspecified atom stereocenters. The summed E-state index contributed by atoms with van der Waals surface area (Å²) < 4.78 is 0. The fourth-order valence-electron chi connectivity index (χ4n) is 9.79. The maximum atomic E-state index is 5.19. The lowest BCUT2D eigenvalue weighted by molar-refractivity contribution is -0.0392. The van der Waals surface area contributed by atoms with Crippen LogP contribution >= 0.6 is 11.3 Å². The molecule has 2 aromatic rings. The highest BCUT2D eigenvalue weighted by Crippen LogP contribution is 2.68. The highest BCUT2D eigenvalue weighted by Gasteiger charge is 2.59. The van der Waals surface area contributed by atoms with Gasteiger partial charge in [0.2, 0.25) is 0 Å². The van der Waals surface area contributed by atoms with Gasteiger partial charge in [-0.1, -0.05) is 89.5 Å². The monoisotopic (exact) mass is 530 g/mol. The lowest BCUT2D eigenvalue weighted by Crippen LogP contribution is -2.49. The maximum absolute atomic E-state index is 5.19. The van der Waals surface area contributed by atoms with E-state index in [1.165, 1.54) is 74.0 Å². The molecule has 4 aliphatic rings. The topological polar surface area (TPSA) is 16.1 Å². The van der Waals surface area contributed by atoms with Gasteiger partial charge in [-0.05, 0) is 109 Å². The van der Waals surface area contributed by atoms with Crippen LogP contribution in [0.3, 0.4) is 0 Å². The molecule has 4 aliphatic carbocycles. The minimum atomic E-state index is 0.327. The van der Waals surface area contributed by atoms with E-state index in [0.29, 0.717) is 10.8 Å². The molecule has 3 heteroatoms. The van der Waals surface area contributed by atoms with Gasteiger partial charge in [0.05, 0.1) is 10.6 Å². The summed E-state index contributed by atoms with van der Waals surface area (Å²) in [7, 11) is 2.17. The highest BCUT2D eigenvalue weighted by atomic mass is 32.1. The van der Waals surface area contributed by atoms with Gasteiger partial charge in [0, 0.05) is 12.7 Å². The predicted octanol–water partition coefficient (Wildman–Crippen LogP) is 10.2. The van der Waals surface area contributed by atoms with Gasteiger partial charge in [-0.2, -0.15) is 0 Å². The van der Waals surface area contributed by atoms with Crippen molar-refractivity contribution in [3.8, 4) is 0 Å². The summed E-state index contributed by atoms with van der Waals surface area (Å²) in [5.41, 5.74) is 5.13. The van der Waals surface area contributed by atoms with E-state index < -0.39 is 0 Å². The van der Waals surface area contributed by atoms with Crippen LogP contribution in [0.1, 0.15) is 103 Å². The summed E-state index contributed by atoms with van der Waals surface area (Å²) in [6, 6.07) is 10.7. The van der Waals surface area contributed by atoms with E-state index in [2.05, 4.69) is 83.0 Å². The number of allylic oxidation sites excluding steroid dienone is 2. The lowest BCUT2D eigenvalue weighted by atomic mass is 9.47. The van der Waals surface area contributed by atoms with Gasteiger partial charge in [-0.25, -0.2) is 4.98 Å². The van der Waals surface area contributed by atoms with Crippen molar-refractivity contribution >= 4 is 27.7 Å². The Morgan fingerprint density at radius 2 is 1.79 bits per heavy atom. The number of nitrogens with zero attached hydrogens (tertiary/aromatic N) is 2. The molecule has 0 saturated heterocycles. The number of aromatic nitrogens is 1. The fourth-order valence-corrected chi connectivity index (χ4v) is 11.1. The molecule has 1 heterocycles. The zero-order chi connectivity index (χ0) is 26.7. The number of para-hydroxylation sites is 1. The van der Waals surface area contributed by atoms with Gasteiger partial charge >= 0.3 is 0 Å². The maximum Gasteiger partial charge on any atom is 0.190 e. The van der Waals surface area contributed by atoms with E-state index in [4.69, 9.17) is 4.98 Å². The Kier molecular flexibility index (Phi) is 7.07. The third kappa shape index (κ3) is 4.30. The van der Waals surface area contributed by atoms with Crippen molar-refractivity contribution in [2.24, 2.45) is 46.3 Å². The Morgan fingerprint density at radius 1 is 1.00 bits per heavy atom. The SMILES string of the molecule is CC(C)CCCC(C)C1CC[C@H]2[C@@H]3CC=C4c5sc(N(C)c6ccccc6)nc5CC[C@]4(C)[C@H]3CC[C@]12C. The molecular weight excluding hydrogens is 480 g/mol. The Labute approximate surface area is 236 Å². The predicted molar refractivity (Wildman–Crippen MR) is 164 cm³/mol. The standard InChI is InChI=1S/C35H50N2S/c1-23(2)11-10-12-24(3)27-17-18-28-26-15-16-30-32-31(20-22-35(30,5)29(26)19-21-34(27,28)4)36-33(38-32)37(6)25-13-8-7-9-14-25/h7-9,13-14,16,23-24,26-29H,10-12,15,17-22H2,1-6H3/t24?,26-,27?,28-,29-,34+,35+/m0/s1. The number of aryl methyl sites for hydroxylation is 1. The molecule has 7 atom stereocenters. The van der Waals surface area contributed by atoms with Crippen molar-refractivity contribution in [3.63, 3.8) is 0 Å². The second-order valence-corrected chi connectivity index (χ2v) is 15.3. The van der Waals surface area contributed by atoms with Crippen molar-refractivity contribution in [1.29, 1.82) is 0 Å². The van der Waals surface area contributed by atoms with Crippen LogP contribution in [-0.2, 0) is 6.42 Å². The summed E-state index contributed by atoms with van der Waals surface area (Å²) in [5, 5.41) is 1.15. The minimum absolute atomic E-state index is 0.327. The van der Waals surface area contributed by atoms with E-state index in [-0.39, 0.29) is 0 Å². The van der Waals surface area contributed by atoms with Gasteiger partial charge in [0.1, 0.15) is 0 Å². The largest absolute Gasteiger partial charge is 0.321 e. The Bertz CT molecular complexity index is 1160. The number of rotatable bonds is 7. The van der Waals surface area contributed by atoms with Crippen molar-refractivity contribution in [2.45, 2.75) is 98.8 Å². The summed E-state index contributed by atoms with van der Waals surface area (Å²) in [6.45, 7) is 12.7. The van der Waals surface area contributed by atoms with Gasteiger partial charge in [0.15, 0.2) is 5.13 Å². The molecule has 1 aromatic carbocycles. The first-order chi connectivity index (χ1) is 18.2. The normalized spacial score (nSPS) is 34.7. The first-order valence-electron chi connectivity index (χ1n) is 15.7. The molecule has 206 valence electrons. The van der Waals surface area contributed by atoms with E-state index in [9.17, 15) is 0 Å². The van der Waals surface area contributed by atoms with Crippen LogP contribution < -0.4 is 4.90 Å². The molecule has 6 rings (SSSR count). The van der Waals surface area contributed by atoms with E-state index in [1.807, 2.05) is 11.3 Å². The van der Waals surface area contributed by atoms with Crippen LogP contribution in [-0.4, -0.2) is 12.0 Å². The number of fused-ring (bicyclic) bond motifs is 7. The first kappa shape index (κ1) is 26.6. The van der Waals surface area contributed by atoms with Gasteiger partial charge in [0.25, 0.3) is 0 Å². The molecular formula is C35H50N2S. The molecule has 1 aromatic heterocycles. The zero-order valence-corrected chi connectivity index (χ0v) is 25.6. The Morgan fingerprint density at radius 3 is 2.55 bits per heavy atom. The third-order valence-electron chi connectivity index (χ3n) is 11.9. The second kappa shape index (κ2) is 10.1. The van der Waals surface area contributed by atoms with Crippen LogP contribution in [0.25, 0.3) is 5.57 Å². The summed E-state index contributed by atoms with van der Waals surface area (Å²) >= 11 is 1.94. The summed E-state index contributed by atoms with van der Waals surface area (Å²) in [4.78, 5) is 8.97. The number of hydrogen-bond donors (Lipinski definition) is 0. The summed E-state index contributed by atoms with van der Waals surface area (Å²) in [6.07, 6.45) is 16.5. The smallest absolute Gasteiger partial charge is 0.190 e. The molecule has 0 bridgehead atoms. The molecule has 0 radical (unpaired) electrons. The average Bonchev–Trinajstić information content (AvgIpc) is 3.49. The van der Waals surface area contributed by atoms with Crippen LogP contribution in [0.15, 0.2) is 36.4 Å². The number of hydrogen-bond acceptors (Lipinski definition) is 3. The molecule has 2 saturated carbocycles. The highest BCUT2D eigenvalue weighted by molar-refractivity contribution is 7.16. The second-order valence-electron chi connectivity index (χ2n) is 14.3. The number of anilines is 2. The van der Waals surface area contributed by atoms with Crippen LogP contribution in [0.5, 0.6) is 0 Å². The molecule has 0 spiro atoms. The van der Waals surface area contributed by atoms with E-state index in [1.54, 1.807) is 5.57 Å². The number of benzene rings is 1. The quantitative estimate of drug-likeness (QED) is 0.354. The third-order valence-corrected chi connectivity index (χ3v) is 13.1. The van der Waals surface area contributed by atoms with Crippen molar-refractivity contribution < 1.29 is 0 Å². The average molecular weight is 531 g/mol. The zero-order valence-electron chi connectivity index (χ0n) is 24.8. The van der Waals surface area contributed by atoms with Crippen molar-refractivity contribution in [1.82, 2.24) is 4.98 Å². The van der Waals surface area contributed by atoms with Crippen LogP contribution in [0.2, 0.25) is 0 Å². The number of thiazole rings is 1. The Hall–Kier alpha value is -1.61. The van der Waals surface area contributed by atoms with E-state index >= 15 is 0 Å².